The van der Waals surface area contributed by atoms with Crippen molar-refractivity contribution in [2.75, 3.05) is 9.62 Å². The number of carboxylic acid groups (broad SMARTS) is 1. The van der Waals surface area contributed by atoms with Crippen molar-refractivity contribution in [2.45, 2.75) is 46.8 Å². The van der Waals surface area contributed by atoms with Crippen molar-refractivity contribution < 1.29 is 32.6 Å². The molecule has 4 rings (SSSR count). The molecule has 40 heavy (non-hydrogen) atoms. The second-order valence-electron chi connectivity index (χ2n) is 10.0. The number of anilines is 2. The first-order valence-electron chi connectivity index (χ1n) is 12.8. The number of rotatable bonds is 10. The van der Waals surface area contributed by atoms with Gasteiger partial charge >= 0.3 is 5.97 Å². The molecule has 0 fully saturated rings. The number of carbonyl (C=O) groups excluding carboxylic acids is 1. The SMILES string of the molecule is Cc1c(C(=O)Nc2ccc(-c3ccc(N(C(C(=O)O)C(C)C)S(=O)[O-])cc3)cc2)oc2cccc(OC(C)C)c12. The molecule has 0 bridgehead atoms. The maximum Gasteiger partial charge on any atom is 0.327 e. The predicted octanol–water partition coefficient (Wildman–Crippen LogP) is 6.16. The van der Waals surface area contributed by atoms with Gasteiger partial charge < -0.3 is 24.1 Å². The van der Waals surface area contributed by atoms with Gasteiger partial charge in [0.25, 0.3) is 5.91 Å². The van der Waals surface area contributed by atoms with Gasteiger partial charge in [-0.05, 0) is 74.2 Å². The molecule has 0 spiro atoms. The van der Waals surface area contributed by atoms with Crippen LogP contribution in [-0.4, -0.2) is 37.9 Å². The summed E-state index contributed by atoms with van der Waals surface area (Å²) in [6, 6.07) is 18.0. The third kappa shape index (κ3) is 6.03. The minimum Gasteiger partial charge on any atom is -0.755 e. The summed E-state index contributed by atoms with van der Waals surface area (Å²) in [5.74, 6) is -1.17. The van der Waals surface area contributed by atoms with Crippen LogP contribution in [0.25, 0.3) is 22.1 Å². The van der Waals surface area contributed by atoms with Crippen LogP contribution in [0.4, 0.5) is 11.4 Å². The molecule has 2 unspecified atom stereocenters. The summed E-state index contributed by atoms with van der Waals surface area (Å²) in [6.07, 6.45) is -0.0248. The van der Waals surface area contributed by atoms with E-state index in [4.69, 9.17) is 9.15 Å². The Kier molecular flexibility index (Phi) is 8.61. The molecule has 0 saturated heterocycles. The van der Waals surface area contributed by atoms with E-state index < -0.39 is 29.2 Å². The van der Waals surface area contributed by atoms with Gasteiger partial charge in [0.1, 0.15) is 17.4 Å². The third-order valence-corrected chi connectivity index (χ3v) is 7.14. The van der Waals surface area contributed by atoms with Gasteiger partial charge in [-0.25, -0.2) is 4.79 Å². The van der Waals surface area contributed by atoms with Crippen LogP contribution in [0, 0.1) is 12.8 Å². The van der Waals surface area contributed by atoms with E-state index in [0.29, 0.717) is 22.6 Å². The second-order valence-corrected chi connectivity index (χ2v) is 10.8. The zero-order valence-corrected chi connectivity index (χ0v) is 23.7. The first-order chi connectivity index (χ1) is 19.0. The molecular weight excluding hydrogens is 532 g/mol. The van der Waals surface area contributed by atoms with Crippen LogP contribution < -0.4 is 14.4 Å². The highest BCUT2D eigenvalue weighted by Crippen LogP contribution is 2.34. The van der Waals surface area contributed by atoms with Crippen LogP contribution in [0.3, 0.4) is 0 Å². The summed E-state index contributed by atoms with van der Waals surface area (Å²) < 4.78 is 36.4. The highest BCUT2D eigenvalue weighted by Gasteiger charge is 2.30. The Balaban J connectivity index is 1.52. The molecule has 10 heteroatoms. The van der Waals surface area contributed by atoms with Crippen molar-refractivity contribution in [3.63, 3.8) is 0 Å². The van der Waals surface area contributed by atoms with Crippen molar-refractivity contribution in [1.82, 2.24) is 0 Å². The van der Waals surface area contributed by atoms with E-state index in [9.17, 15) is 23.5 Å². The minimum absolute atomic E-state index is 0.0248. The van der Waals surface area contributed by atoms with E-state index in [1.807, 2.05) is 45.0 Å². The third-order valence-electron chi connectivity index (χ3n) is 6.38. The smallest absolute Gasteiger partial charge is 0.327 e. The molecule has 0 radical (unpaired) electrons. The topological polar surface area (TPSA) is 132 Å². The van der Waals surface area contributed by atoms with Gasteiger partial charge in [-0.1, -0.05) is 44.2 Å². The Morgan fingerprint density at radius 1 is 0.975 bits per heavy atom. The number of benzene rings is 3. The molecule has 1 heterocycles. The summed E-state index contributed by atoms with van der Waals surface area (Å²) in [5, 5.41) is 13.2. The van der Waals surface area contributed by atoms with Crippen molar-refractivity contribution in [2.24, 2.45) is 5.92 Å². The lowest BCUT2D eigenvalue weighted by molar-refractivity contribution is -0.139. The van der Waals surface area contributed by atoms with Crippen LogP contribution in [0.1, 0.15) is 43.8 Å². The van der Waals surface area contributed by atoms with E-state index in [1.165, 1.54) is 0 Å². The lowest BCUT2D eigenvalue weighted by atomic mass is 10.0. The summed E-state index contributed by atoms with van der Waals surface area (Å²) >= 11 is -2.77. The molecule has 210 valence electrons. The summed E-state index contributed by atoms with van der Waals surface area (Å²) in [7, 11) is 0. The molecule has 0 aliphatic heterocycles. The largest absolute Gasteiger partial charge is 0.755 e. The number of ether oxygens (including phenoxy) is 1. The number of furan rings is 1. The number of hydrogen-bond donors (Lipinski definition) is 2. The number of nitrogens with zero attached hydrogens (tertiary/aromatic N) is 1. The molecule has 2 atom stereocenters. The highest BCUT2D eigenvalue weighted by atomic mass is 32.2. The molecule has 2 N–H and O–H groups in total. The Morgan fingerprint density at radius 3 is 2.10 bits per heavy atom. The molecular formula is C30H31N2O7S-. The second kappa shape index (κ2) is 11.9. The number of fused-ring (bicyclic) bond motifs is 1. The number of carboxylic acids is 1. The van der Waals surface area contributed by atoms with Crippen molar-refractivity contribution in [3.05, 3.63) is 78.1 Å². The van der Waals surface area contributed by atoms with Crippen molar-refractivity contribution in [1.29, 1.82) is 0 Å². The number of hydrogen-bond acceptors (Lipinski definition) is 6. The van der Waals surface area contributed by atoms with Gasteiger partial charge in [0.15, 0.2) is 5.76 Å². The van der Waals surface area contributed by atoms with E-state index in [0.717, 1.165) is 20.8 Å². The van der Waals surface area contributed by atoms with Gasteiger partial charge in [0, 0.05) is 28.2 Å². The average Bonchev–Trinajstić information content (AvgIpc) is 3.24. The quantitative estimate of drug-likeness (QED) is 0.221. The molecule has 1 amide bonds. The molecule has 0 aliphatic rings. The number of amides is 1. The maximum atomic E-state index is 13.1. The Hall–Kier alpha value is -4.15. The average molecular weight is 564 g/mol. The fourth-order valence-electron chi connectivity index (χ4n) is 4.56. The van der Waals surface area contributed by atoms with Crippen LogP contribution in [0.2, 0.25) is 0 Å². The number of nitrogens with one attached hydrogen (secondary N) is 1. The highest BCUT2D eigenvalue weighted by molar-refractivity contribution is 7.80. The molecule has 3 aromatic carbocycles. The molecule has 1 aromatic heterocycles. The zero-order chi connectivity index (χ0) is 29.1. The van der Waals surface area contributed by atoms with E-state index in [-0.39, 0.29) is 23.5 Å². The Morgan fingerprint density at radius 2 is 1.57 bits per heavy atom. The fraction of sp³-hybridized carbons (Fsp3) is 0.267. The van der Waals surface area contributed by atoms with E-state index in [1.54, 1.807) is 56.3 Å². The standard InChI is InChI=1S/C30H32N2O7S/c1-17(2)27(30(34)35)32(40(36)37)23-15-11-21(12-16-23)20-9-13-22(14-10-20)31-29(33)28-19(5)26-24(38-18(3)4)7-6-8-25(26)39-28/h6-18,27H,1-5H3,(H,31,33)(H,34,35)(H,36,37)/p-1. The first kappa shape index (κ1) is 28.8. The van der Waals surface area contributed by atoms with Gasteiger partial charge in [-0.3, -0.25) is 13.3 Å². The lowest BCUT2D eigenvalue weighted by Gasteiger charge is -2.34. The predicted molar refractivity (Wildman–Crippen MR) is 154 cm³/mol. The van der Waals surface area contributed by atoms with Gasteiger partial charge in [0.2, 0.25) is 0 Å². The van der Waals surface area contributed by atoms with Crippen LogP contribution >= 0.6 is 0 Å². The van der Waals surface area contributed by atoms with E-state index in [2.05, 4.69) is 5.32 Å². The number of carbonyl (C=O) groups is 2. The normalized spacial score (nSPS) is 12.9. The fourth-order valence-corrected chi connectivity index (χ4v) is 5.38. The number of aryl methyl sites for hydroxylation is 1. The van der Waals surface area contributed by atoms with Gasteiger partial charge in [0.05, 0.1) is 11.5 Å². The van der Waals surface area contributed by atoms with Crippen LogP contribution in [-0.2, 0) is 16.1 Å². The van der Waals surface area contributed by atoms with Gasteiger partial charge in [-0.15, -0.1) is 0 Å². The Labute approximate surface area is 235 Å². The minimum atomic E-state index is -2.77. The molecule has 0 aliphatic carbocycles. The molecule has 0 saturated carbocycles. The van der Waals surface area contributed by atoms with Crippen LogP contribution in [0.5, 0.6) is 5.75 Å². The van der Waals surface area contributed by atoms with Gasteiger partial charge in [-0.2, -0.15) is 0 Å². The van der Waals surface area contributed by atoms with Crippen molar-refractivity contribution in [3.8, 4) is 16.9 Å². The maximum absolute atomic E-state index is 13.1. The Bertz CT molecular complexity index is 1540. The number of aliphatic carboxylic acids is 1. The summed E-state index contributed by atoms with van der Waals surface area (Å²) in [6.45, 7) is 9.00. The lowest BCUT2D eigenvalue weighted by Crippen LogP contribution is -2.45. The van der Waals surface area contributed by atoms with Crippen LogP contribution in [0.15, 0.2) is 71.1 Å². The summed E-state index contributed by atoms with van der Waals surface area (Å²) in [5.41, 5.74) is 3.70. The molecule has 9 nitrogen and oxygen atoms in total. The zero-order valence-electron chi connectivity index (χ0n) is 22.8. The molecule has 4 aromatic rings. The summed E-state index contributed by atoms with van der Waals surface area (Å²) in [4.78, 5) is 24.8. The monoisotopic (exact) mass is 563 g/mol. The van der Waals surface area contributed by atoms with E-state index >= 15 is 0 Å². The van der Waals surface area contributed by atoms with Crippen molar-refractivity contribution >= 4 is 45.5 Å². The first-order valence-corrected chi connectivity index (χ1v) is 13.8.